The Morgan fingerprint density at radius 2 is 1.98 bits per heavy atom. The number of ether oxygens (including phenoxy) is 1. The standard InChI is InChI=1S/C31H32ClN5O3/c1-16(2)25-34-15-23(32)27(35-25)36-26-20-9-8-18(12-19(20)14-33-26)22-13-31(22)21-11-17(3)7-10-24(21)37(28(31)38)29(39)40-30(4,5)6/h7-12,15-16,22H,13-14H2,1-6H3,(H,33,34,35,36)/t22-,31-/m0/s1. The monoisotopic (exact) mass is 557 g/mol. The molecule has 206 valence electrons. The van der Waals surface area contributed by atoms with Gasteiger partial charge in [-0.05, 0) is 56.9 Å². The van der Waals surface area contributed by atoms with Crippen molar-refractivity contribution < 1.29 is 14.3 Å². The Balaban J connectivity index is 1.28. The lowest BCUT2D eigenvalue weighted by Gasteiger charge is -2.24. The van der Waals surface area contributed by atoms with E-state index in [1.54, 1.807) is 27.0 Å². The first-order chi connectivity index (χ1) is 18.9. The number of hydrogen-bond donors (Lipinski definition) is 1. The zero-order valence-electron chi connectivity index (χ0n) is 23.5. The van der Waals surface area contributed by atoms with Crippen LogP contribution in [0.1, 0.15) is 86.5 Å². The highest BCUT2D eigenvalue weighted by Crippen LogP contribution is 2.66. The molecule has 6 rings (SSSR count). The third kappa shape index (κ3) is 4.25. The number of fused-ring (bicyclic) bond motifs is 3. The number of benzene rings is 2. The summed E-state index contributed by atoms with van der Waals surface area (Å²) in [6, 6.07) is 12.0. The minimum absolute atomic E-state index is 0.0415. The number of aliphatic imine (C=N–C) groups is 1. The van der Waals surface area contributed by atoms with E-state index in [-0.39, 0.29) is 17.7 Å². The Bertz CT molecular complexity index is 1610. The van der Waals surface area contributed by atoms with E-state index in [1.165, 1.54) is 4.90 Å². The molecule has 0 saturated heterocycles. The third-order valence-corrected chi connectivity index (χ3v) is 7.98. The molecule has 0 radical (unpaired) electrons. The molecule has 3 aliphatic rings. The number of aromatic nitrogens is 2. The van der Waals surface area contributed by atoms with Gasteiger partial charge in [0, 0.05) is 17.4 Å². The Hall–Kier alpha value is -3.78. The van der Waals surface area contributed by atoms with E-state index in [2.05, 4.69) is 27.4 Å². The fourth-order valence-corrected chi connectivity index (χ4v) is 5.86. The van der Waals surface area contributed by atoms with Gasteiger partial charge in [0.15, 0.2) is 5.82 Å². The van der Waals surface area contributed by atoms with Crippen LogP contribution in [-0.2, 0) is 21.5 Å². The van der Waals surface area contributed by atoms with Crippen LogP contribution in [0.4, 0.5) is 16.3 Å². The zero-order valence-corrected chi connectivity index (χ0v) is 24.3. The Morgan fingerprint density at radius 3 is 2.70 bits per heavy atom. The second kappa shape index (κ2) is 9.13. The highest BCUT2D eigenvalue weighted by molar-refractivity contribution is 6.33. The first kappa shape index (κ1) is 26.4. The van der Waals surface area contributed by atoms with Gasteiger partial charge in [0.2, 0.25) is 5.91 Å². The molecular formula is C31H32ClN5O3. The van der Waals surface area contributed by atoms with Gasteiger partial charge in [-0.25, -0.2) is 19.7 Å². The largest absolute Gasteiger partial charge is 0.443 e. The maximum absolute atomic E-state index is 13.9. The predicted octanol–water partition coefficient (Wildman–Crippen LogP) is 6.64. The van der Waals surface area contributed by atoms with E-state index in [4.69, 9.17) is 21.3 Å². The summed E-state index contributed by atoms with van der Waals surface area (Å²) < 4.78 is 5.62. The van der Waals surface area contributed by atoms with Gasteiger partial charge in [0.25, 0.3) is 0 Å². The van der Waals surface area contributed by atoms with Crippen LogP contribution >= 0.6 is 11.6 Å². The average Bonchev–Trinajstić information content (AvgIpc) is 3.45. The number of amidine groups is 1. The van der Waals surface area contributed by atoms with Gasteiger partial charge < -0.3 is 10.1 Å². The van der Waals surface area contributed by atoms with E-state index in [1.807, 2.05) is 45.0 Å². The number of nitrogens with zero attached hydrogens (tertiary/aromatic N) is 4. The molecule has 1 spiro atoms. The van der Waals surface area contributed by atoms with E-state index in [0.717, 1.165) is 27.8 Å². The second-order valence-corrected chi connectivity index (χ2v) is 12.6. The number of amides is 2. The first-order valence-electron chi connectivity index (χ1n) is 13.5. The van der Waals surface area contributed by atoms with Crippen molar-refractivity contribution in [1.29, 1.82) is 0 Å². The molecule has 40 heavy (non-hydrogen) atoms. The quantitative estimate of drug-likeness (QED) is 0.387. The molecule has 1 aromatic heterocycles. The van der Waals surface area contributed by atoms with E-state index in [9.17, 15) is 9.59 Å². The van der Waals surface area contributed by atoms with Gasteiger partial charge in [0.1, 0.15) is 22.3 Å². The molecule has 3 aromatic rings. The number of aryl methyl sites for hydroxylation is 1. The smallest absolute Gasteiger partial charge is 0.421 e. The van der Waals surface area contributed by atoms with Gasteiger partial charge in [-0.15, -0.1) is 0 Å². The molecule has 0 unspecified atom stereocenters. The predicted molar refractivity (Wildman–Crippen MR) is 155 cm³/mol. The first-order valence-corrected chi connectivity index (χ1v) is 13.9. The minimum atomic E-state index is -0.769. The van der Waals surface area contributed by atoms with Crippen molar-refractivity contribution in [2.75, 3.05) is 10.2 Å². The Labute approximate surface area is 238 Å². The summed E-state index contributed by atoms with van der Waals surface area (Å²) in [6.45, 7) is 12.0. The summed E-state index contributed by atoms with van der Waals surface area (Å²) in [4.78, 5) is 41.9. The molecule has 1 fully saturated rings. The fraction of sp³-hybridized carbons (Fsp3) is 0.387. The molecule has 9 heteroatoms. The number of halogens is 1. The maximum atomic E-state index is 13.9. The summed E-state index contributed by atoms with van der Waals surface area (Å²) in [7, 11) is 0. The number of carbonyl (C=O) groups is 2. The molecule has 2 aromatic carbocycles. The highest BCUT2D eigenvalue weighted by Gasteiger charge is 2.68. The zero-order chi connectivity index (χ0) is 28.6. The van der Waals surface area contributed by atoms with Crippen LogP contribution in [0.15, 0.2) is 47.6 Å². The molecule has 2 atom stereocenters. The van der Waals surface area contributed by atoms with Crippen LogP contribution in [0.3, 0.4) is 0 Å². The molecule has 1 aliphatic carbocycles. The molecule has 0 bridgehead atoms. The summed E-state index contributed by atoms with van der Waals surface area (Å²) in [6.07, 6.45) is 1.62. The van der Waals surface area contributed by atoms with Gasteiger partial charge >= 0.3 is 6.09 Å². The maximum Gasteiger partial charge on any atom is 0.421 e. The van der Waals surface area contributed by atoms with Crippen molar-refractivity contribution >= 4 is 40.9 Å². The van der Waals surface area contributed by atoms with Gasteiger partial charge in [-0.3, -0.25) is 9.79 Å². The fourth-order valence-electron chi connectivity index (χ4n) is 5.72. The lowest BCUT2D eigenvalue weighted by molar-refractivity contribution is -0.120. The number of hydrogen-bond acceptors (Lipinski definition) is 7. The summed E-state index contributed by atoms with van der Waals surface area (Å²) >= 11 is 6.37. The average molecular weight is 558 g/mol. The van der Waals surface area contributed by atoms with Crippen LogP contribution in [-0.4, -0.2) is 33.4 Å². The number of imide groups is 1. The van der Waals surface area contributed by atoms with Crippen LogP contribution in [0, 0.1) is 6.92 Å². The third-order valence-electron chi connectivity index (χ3n) is 7.71. The summed E-state index contributed by atoms with van der Waals surface area (Å²) in [5.41, 5.74) is 4.18. The Kier molecular flexibility index (Phi) is 6.03. The molecule has 2 amide bonds. The number of anilines is 2. The van der Waals surface area contributed by atoms with Gasteiger partial charge in [-0.2, -0.15) is 0 Å². The molecule has 8 nitrogen and oxygen atoms in total. The molecule has 1 N–H and O–H groups in total. The second-order valence-electron chi connectivity index (χ2n) is 12.2. The van der Waals surface area contributed by atoms with Crippen molar-refractivity contribution in [3.05, 3.63) is 81.3 Å². The highest BCUT2D eigenvalue weighted by atomic mass is 35.5. The Morgan fingerprint density at radius 1 is 1.20 bits per heavy atom. The molecule has 1 saturated carbocycles. The summed E-state index contributed by atoms with van der Waals surface area (Å²) in [5, 5.41) is 3.72. The number of nitrogens with one attached hydrogen (secondary N) is 1. The van der Waals surface area contributed by atoms with E-state index in [0.29, 0.717) is 41.2 Å². The van der Waals surface area contributed by atoms with Crippen LogP contribution in [0.5, 0.6) is 0 Å². The lowest BCUT2D eigenvalue weighted by atomic mass is 9.90. The normalized spacial score (nSPS) is 21.0. The van der Waals surface area contributed by atoms with Crippen LogP contribution in [0.2, 0.25) is 5.02 Å². The summed E-state index contributed by atoms with van der Waals surface area (Å²) in [5.74, 6) is 1.85. The van der Waals surface area contributed by atoms with Crippen molar-refractivity contribution in [3.63, 3.8) is 0 Å². The van der Waals surface area contributed by atoms with Crippen molar-refractivity contribution in [1.82, 2.24) is 9.97 Å². The van der Waals surface area contributed by atoms with Crippen molar-refractivity contribution in [2.45, 2.75) is 77.4 Å². The SMILES string of the molecule is Cc1ccc2c(c1)[C@]1(C[C@H]1c1ccc3c(c1)CN=C3Nc1nc(C(C)C)ncc1Cl)C(=O)N2C(=O)OC(C)(C)C. The number of carbonyl (C=O) groups excluding carboxylic acids is 2. The molecule has 3 heterocycles. The topological polar surface area (TPSA) is 96.8 Å². The van der Waals surface area contributed by atoms with Gasteiger partial charge in [-0.1, -0.05) is 61.3 Å². The number of rotatable bonds is 3. The lowest BCUT2D eigenvalue weighted by Crippen LogP contribution is -2.41. The van der Waals surface area contributed by atoms with Crippen LogP contribution < -0.4 is 10.2 Å². The van der Waals surface area contributed by atoms with E-state index < -0.39 is 17.1 Å². The minimum Gasteiger partial charge on any atom is -0.443 e. The van der Waals surface area contributed by atoms with Crippen LogP contribution in [0.25, 0.3) is 0 Å². The molecule has 2 aliphatic heterocycles. The molecular weight excluding hydrogens is 526 g/mol. The van der Waals surface area contributed by atoms with Gasteiger partial charge in [0.05, 0.1) is 23.8 Å². The van der Waals surface area contributed by atoms with Crippen molar-refractivity contribution in [2.24, 2.45) is 4.99 Å². The van der Waals surface area contributed by atoms with Crippen molar-refractivity contribution in [3.8, 4) is 0 Å². The van der Waals surface area contributed by atoms with E-state index >= 15 is 0 Å².